The molecule has 27 heteroatoms. The summed E-state index contributed by atoms with van der Waals surface area (Å²) in [4.78, 5) is 133. The van der Waals surface area contributed by atoms with Gasteiger partial charge in [-0.15, -0.1) is 0 Å². The predicted molar refractivity (Wildman–Crippen MR) is 471 cm³/mol. The van der Waals surface area contributed by atoms with Gasteiger partial charge in [-0.2, -0.15) is 0 Å². The van der Waals surface area contributed by atoms with Crippen LogP contribution in [-0.2, 0) is 38.1 Å². The molecule has 123 heavy (non-hydrogen) atoms. The fourth-order valence-electron chi connectivity index (χ4n) is 19.8. The summed E-state index contributed by atoms with van der Waals surface area (Å²) in [5.41, 5.74) is 11.7. The first-order valence-electron chi connectivity index (χ1n) is 42.7. The molecule has 8 aliphatic rings. The van der Waals surface area contributed by atoms with Crippen LogP contribution in [0.2, 0.25) is 0 Å². The van der Waals surface area contributed by atoms with Crippen LogP contribution in [0.25, 0.3) is 88.8 Å². The van der Waals surface area contributed by atoms with E-state index < -0.39 is 48.1 Å². The van der Waals surface area contributed by atoms with Crippen LogP contribution in [0.1, 0.15) is 195 Å². The number of amides is 7. The van der Waals surface area contributed by atoms with Crippen LogP contribution in [-0.4, -0.2) is 185 Å². The lowest BCUT2D eigenvalue weighted by atomic mass is 9.95. The van der Waals surface area contributed by atoms with Crippen molar-refractivity contribution in [1.29, 1.82) is 0 Å². The van der Waals surface area contributed by atoms with Crippen LogP contribution in [0.15, 0.2) is 146 Å². The number of aromatic nitrogens is 8. The number of alkyl carbamates (subject to hydrolysis) is 3. The van der Waals surface area contributed by atoms with E-state index in [1.807, 2.05) is 92.9 Å². The molecule has 4 aliphatic carbocycles. The first-order chi connectivity index (χ1) is 58.2. The molecule has 7 amide bonds. The highest BCUT2D eigenvalue weighted by Crippen LogP contribution is 2.60. The Hall–Kier alpha value is -11.9. The minimum atomic E-state index is -0.896. The fourth-order valence-corrected chi connectivity index (χ4v) is 19.8. The lowest BCUT2D eigenvalue weighted by Gasteiger charge is -2.37. The minimum Gasteiger partial charge on any atom is -0.453 e. The van der Waals surface area contributed by atoms with Gasteiger partial charge in [-0.3, -0.25) is 19.3 Å². The van der Waals surface area contributed by atoms with Crippen molar-refractivity contribution in [3.63, 3.8) is 0 Å². The molecule has 1 unspecified atom stereocenters. The SMILES string of the molecule is C.C.COC(=O)N[C@H](C(=O)N1[C@@H]2CC[C@@H](C2)[C@H]1c1ncc(-c2ccc(-c3ccc4cc(-c5cnc([C@@H]6CC7(CC7)CN6C(=O)OC(C)(C)C)[nH]5)ccc4c3)cc2)[nH]1)C(C)C.COC(=O)N[C@H](C(=O)N1[C@@H]2CC[C@@H](C2)[C@H]1c1ncc(-c2ccc(-c3ccc4cc(-c5cnc([C@@H]6CC7(CC7)CN6C(=O)[C@@H](NC(=O)OC)C(C)OC)[nH]5)ccc4c3)cc2)[nH]1)C(C)C. The van der Waals surface area contributed by atoms with Crippen LogP contribution in [0.4, 0.5) is 19.2 Å². The standard InChI is InChI=1S/C48H56N8O7.C46H53N7O5.2CH4/c1-26(2)39(53-46(59)62-5)45(58)56-35-16-15-34(21-35)41(56)43-50-23-36(52-43)29-9-7-28(8-10-29)30-11-12-32-20-33(14-13-31(32)19-30)37-24-49-42(51-37)38-22-48(17-18-48)25-55(38)44(57)40(27(3)61-4)54-47(60)63-6;1-26(2)38(51-43(55)57-6)42(54)53-34-16-15-33(21-34)39(53)41-48-23-35(50-41)28-9-7-27(8-10-28)29-11-12-31-20-32(14-13-30(31)19-29)36-24-47-40(49-36)37-22-46(17-18-46)25-52(37)44(56)58-45(3,4)5;;/h7-14,19-20,23-24,26-27,34-35,38-41H,15-18,21-22,25H2,1-6H3,(H,49,51)(H,50,52)(H,53,59)(H,54,60);7-14,19-20,23-24,26,33-34,37-39H,15-18,21-22,25H2,1-6H3,(H,47,49)(H,48,50)(H,51,55);2*1H4/t27?,34-,35+,38-,39-,40-,41-;33-,34+,37-,38-,39-;;/m00../s1. The van der Waals surface area contributed by atoms with Crippen molar-refractivity contribution in [3.05, 3.63) is 169 Å². The number of aromatic amines is 4. The number of hydrogen-bond donors (Lipinski definition) is 7. The van der Waals surface area contributed by atoms with Crippen LogP contribution < -0.4 is 16.0 Å². The lowest BCUT2D eigenvalue weighted by Crippen LogP contribution is -2.54. The molecule has 18 rings (SSSR count). The fraction of sp³-hybridized carbons (Fsp3) is 0.469. The number of ether oxygens (including phenoxy) is 5. The third-order valence-electron chi connectivity index (χ3n) is 26.8. The average molecular weight is 1670 g/mol. The lowest BCUT2D eigenvalue weighted by molar-refractivity contribution is -0.140. The van der Waals surface area contributed by atoms with Crippen molar-refractivity contribution in [2.24, 2.45) is 34.5 Å². The zero-order valence-electron chi connectivity index (χ0n) is 70.8. The summed E-state index contributed by atoms with van der Waals surface area (Å²) in [5, 5.41) is 12.7. The zero-order chi connectivity index (χ0) is 84.7. The summed E-state index contributed by atoms with van der Waals surface area (Å²) in [7, 11) is 5.42. The molecular formula is C96H117N15O12. The van der Waals surface area contributed by atoms with Gasteiger partial charge in [0.15, 0.2) is 0 Å². The van der Waals surface area contributed by atoms with Crippen molar-refractivity contribution < 1.29 is 57.2 Å². The van der Waals surface area contributed by atoms with Gasteiger partial charge in [0.05, 0.1) is 99.2 Å². The number of nitrogens with one attached hydrogen (secondary N) is 7. The Balaban J connectivity index is 0.000000188. The molecule has 4 saturated heterocycles. The van der Waals surface area contributed by atoms with Gasteiger partial charge in [0.25, 0.3) is 0 Å². The number of imidazole rings is 4. The summed E-state index contributed by atoms with van der Waals surface area (Å²) < 4.78 is 25.7. The number of likely N-dealkylation sites (tertiary alicyclic amines) is 4. The van der Waals surface area contributed by atoms with Gasteiger partial charge in [0.1, 0.15) is 47.0 Å². The number of nitrogens with zero attached hydrogens (tertiary/aromatic N) is 8. The van der Waals surface area contributed by atoms with Crippen molar-refractivity contribution >= 4 is 63.6 Å². The number of H-pyrrole nitrogens is 4. The first kappa shape index (κ1) is 86.1. The molecule has 12 atom stereocenters. The molecule has 4 saturated carbocycles. The van der Waals surface area contributed by atoms with E-state index in [0.29, 0.717) is 18.4 Å². The molecular weight excluding hydrogens is 1560 g/mol. The second-order valence-electron chi connectivity index (χ2n) is 36.6. The normalized spacial score (nSPS) is 22.1. The number of benzene rings is 6. The summed E-state index contributed by atoms with van der Waals surface area (Å²) in [5.74, 6) is 3.14. The third kappa shape index (κ3) is 17.3. The van der Waals surface area contributed by atoms with E-state index in [-0.39, 0.29) is 97.6 Å². The highest BCUT2D eigenvalue weighted by molar-refractivity contribution is 5.93. The Morgan fingerprint density at radius 3 is 1.13 bits per heavy atom. The average Bonchev–Trinajstić information content (AvgIpc) is 1.58. The Kier molecular flexibility index (Phi) is 24.1. The summed E-state index contributed by atoms with van der Waals surface area (Å²) in [6, 6.07) is 40.0. The molecule has 8 heterocycles. The molecule has 4 aliphatic heterocycles. The molecule has 4 aromatic heterocycles. The number of rotatable bonds is 20. The molecule has 7 N–H and O–H groups in total. The number of carbonyl (C=O) groups is 7. The van der Waals surface area contributed by atoms with Gasteiger partial charge in [0.2, 0.25) is 17.7 Å². The van der Waals surface area contributed by atoms with Crippen molar-refractivity contribution in [1.82, 2.24) is 75.4 Å². The maximum Gasteiger partial charge on any atom is 0.410 e. The molecule has 10 aromatic rings. The number of hydrogen-bond acceptors (Lipinski definition) is 16. The van der Waals surface area contributed by atoms with E-state index in [4.69, 9.17) is 43.6 Å². The number of piperidine rings is 2. The van der Waals surface area contributed by atoms with E-state index in [1.54, 1.807) is 6.92 Å². The van der Waals surface area contributed by atoms with Crippen LogP contribution in [0, 0.1) is 34.5 Å². The quantitative estimate of drug-likeness (QED) is 0.0349. The second-order valence-corrected chi connectivity index (χ2v) is 36.6. The smallest absolute Gasteiger partial charge is 0.410 e. The summed E-state index contributed by atoms with van der Waals surface area (Å²) >= 11 is 0. The zero-order valence-corrected chi connectivity index (χ0v) is 70.8. The van der Waals surface area contributed by atoms with Crippen molar-refractivity contribution in [2.75, 3.05) is 41.5 Å². The molecule has 27 nitrogen and oxygen atoms in total. The van der Waals surface area contributed by atoms with Gasteiger partial charge >= 0.3 is 24.4 Å². The largest absolute Gasteiger partial charge is 0.453 e. The van der Waals surface area contributed by atoms with Crippen LogP contribution >= 0.6 is 0 Å². The van der Waals surface area contributed by atoms with E-state index in [2.05, 4.69) is 157 Å². The summed E-state index contributed by atoms with van der Waals surface area (Å²) in [6.07, 6.45) is 16.7. The number of carbonyl (C=O) groups excluding carboxylic acids is 7. The van der Waals surface area contributed by atoms with Crippen LogP contribution in [0.3, 0.4) is 0 Å². The van der Waals surface area contributed by atoms with E-state index >= 15 is 0 Å². The second kappa shape index (κ2) is 34.4. The molecule has 2 spiro atoms. The van der Waals surface area contributed by atoms with Gasteiger partial charge in [-0.25, -0.2) is 39.1 Å². The predicted octanol–water partition coefficient (Wildman–Crippen LogP) is 18.0. The first-order valence-corrected chi connectivity index (χ1v) is 42.7. The third-order valence-corrected chi connectivity index (χ3v) is 26.8. The molecule has 4 bridgehead atoms. The maximum atomic E-state index is 14.0. The van der Waals surface area contributed by atoms with Crippen LogP contribution in [0.5, 0.6) is 0 Å². The van der Waals surface area contributed by atoms with E-state index in [9.17, 15) is 33.6 Å². The molecule has 8 fully saturated rings. The Bertz CT molecular complexity index is 5580. The van der Waals surface area contributed by atoms with E-state index in [0.717, 1.165) is 196 Å². The van der Waals surface area contributed by atoms with E-state index in [1.165, 1.54) is 28.4 Å². The van der Waals surface area contributed by atoms with Gasteiger partial charge in [-0.05, 0) is 218 Å². The Morgan fingerprint density at radius 1 is 0.423 bits per heavy atom. The molecule has 0 radical (unpaired) electrons. The molecule has 648 valence electrons. The van der Waals surface area contributed by atoms with Crippen molar-refractivity contribution in [2.45, 2.75) is 213 Å². The minimum absolute atomic E-state index is 0. The molecule has 6 aromatic carbocycles. The number of fused-ring (bicyclic) bond motifs is 6. The highest BCUT2D eigenvalue weighted by Gasteiger charge is 2.58. The Morgan fingerprint density at radius 2 is 0.756 bits per heavy atom. The Labute approximate surface area is 718 Å². The number of methoxy groups -OCH3 is 4. The van der Waals surface area contributed by atoms with Gasteiger partial charge < -0.3 is 74.3 Å². The van der Waals surface area contributed by atoms with Crippen molar-refractivity contribution in [3.8, 4) is 67.3 Å². The monoisotopic (exact) mass is 1670 g/mol. The van der Waals surface area contributed by atoms with Gasteiger partial charge in [0, 0.05) is 43.4 Å². The highest BCUT2D eigenvalue weighted by atomic mass is 16.6. The summed E-state index contributed by atoms with van der Waals surface area (Å²) in [6.45, 7) is 16.5. The topological polar surface area (TPSA) is 329 Å². The maximum absolute atomic E-state index is 14.0. The van der Waals surface area contributed by atoms with Gasteiger partial charge in [-0.1, -0.05) is 140 Å².